The first kappa shape index (κ1) is 27.5. The van der Waals surface area contributed by atoms with E-state index in [-0.39, 0.29) is 5.69 Å². The van der Waals surface area contributed by atoms with Crippen LogP contribution >= 0.6 is 0 Å². The molecule has 0 spiro atoms. The number of ether oxygens (including phenoxy) is 1. The molecule has 1 heterocycles. The molecular weight excluding hydrogens is 525 g/mol. The molecule has 1 aliphatic heterocycles. The van der Waals surface area contributed by atoms with E-state index in [2.05, 4.69) is 4.72 Å². The highest BCUT2D eigenvalue weighted by Gasteiger charge is 2.40. The van der Waals surface area contributed by atoms with Crippen molar-refractivity contribution in [1.82, 2.24) is 4.72 Å². The Balaban J connectivity index is 2.18. The number of fused-ring (bicyclic) bond motifs is 1. The van der Waals surface area contributed by atoms with Crippen LogP contribution in [0.1, 0.15) is 24.8 Å². The van der Waals surface area contributed by atoms with E-state index in [1.807, 2.05) is 0 Å². The average molecular weight is 544 g/mol. The molecule has 0 unspecified atom stereocenters. The van der Waals surface area contributed by atoms with Gasteiger partial charge in [0, 0.05) is 30.8 Å². The largest absolute Gasteiger partial charge is 0.492 e. The molecular formula is C21H19F7N2O5S. The van der Waals surface area contributed by atoms with Crippen LogP contribution in [0.15, 0.2) is 41.3 Å². The Morgan fingerprint density at radius 3 is 2.31 bits per heavy atom. The number of carbonyl (C=O) groups is 1. The van der Waals surface area contributed by atoms with Crippen LogP contribution in [-0.4, -0.2) is 44.9 Å². The third kappa shape index (κ3) is 6.78. The van der Waals surface area contributed by atoms with E-state index in [1.165, 1.54) is 0 Å². The van der Waals surface area contributed by atoms with Gasteiger partial charge in [-0.2, -0.15) is 26.3 Å². The van der Waals surface area contributed by atoms with Crippen LogP contribution in [-0.2, 0) is 21.0 Å². The summed E-state index contributed by atoms with van der Waals surface area (Å²) < 4.78 is 127. The number of sulfonamides is 1. The third-order valence-electron chi connectivity index (χ3n) is 5.16. The van der Waals surface area contributed by atoms with Gasteiger partial charge in [0.2, 0.25) is 10.0 Å². The summed E-state index contributed by atoms with van der Waals surface area (Å²) in [5.74, 6) is -3.05. The van der Waals surface area contributed by atoms with Crippen molar-refractivity contribution in [3.8, 4) is 5.75 Å². The molecule has 0 radical (unpaired) electrons. The summed E-state index contributed by atoms with van der Waals surface area (Å²) in [5, 5.41) is 8.73. The number of benzene rings is 2. The van der Waals surface area contributed by atoms with Gasteiger partial charge >= 0.3 is 18.3 Å². The molecule has 0 fully saturated rings. The molecule has 0 aromatic heterocycles. The second-order valence-corrected chi connectivity index (χ2v) is 9.55. The Bertz CT molecular complexity index is 1210. The SMILES string of the molecule is O=C(O)CCOc1cc2c(cc1C(F)(F)F)N(c1ccc(F)cc1)C[C@@H](CCC(F)(F)F)NS2(=O)=O. The van der Waals surface area contributed by atoms with Gasteiger partial charge in [0.25, 0.3) is 0 Å². The van der Waals surface area contributed by atoms with E-state index in [0.717, 1.165) is 29.2 Å². The number of halogens is 7. The quantitative estimate of drug-likeness (QED) is 0.485. The standard InChI is InChI=1S/C21H19F7N2O5S/c22-12-1-3-14(4-2-12)30-11-13(5-7-20(23,24)25)29-36(33,34)18-10-17(35-8-6-19(31)32)15(9-16(18)30)21(26,27)28/h1-4,9-10,13,29H,5-8,11H2,(H,31,32)/t13-/m1/s1. The van der Waals surface area contributed by atoms with E-state index in [1.54, 1.807) is 0 Å². The number of carboxylic acid groups (broad SMARTS) is 1. The number of aliphatic carboxylic acids is 1. The highest BCUT2D eigenvalue weighted by atomic mass is 32.2. The summed E-state index contributed by atoms with van der Waals surface area (Å²) in [6.45, 7) is -1.20. The summed E-state index contributed by atoms with van der Waals surface area (Å²) >= 11 is 0. The smallest absolute Gasteiger partial charge is 0.420 e. The summed E-state index contributed by atoms with van der Waals surface area (Å²) in [7, 11) is -4.67. The normalized spacial score (nSPS) is 17.9. The first-order valence-electron chi connectivity index (χ1n) is 10.3. The second-order valence-electron chi connectivity index (χ2n) is 7.87. The number of alkyl halides is 6. The fourth-order valence-electron chi connectivity index (χ4n) is 3.56. The molecule has 15 heteroatoms. The van der Waals surface area contributed by atoms with Crippen molar-refractivity contribution in [2.24, 2.45) is 0 Å². The average Bonchev–Trinajstić information content (AvgIpc) is 2.85. The van der Waals surface area contributed by atoms with Crippen LogP contribution in [0.2, 0.25) is 0 Å². The topological polar surface area (TPSA) is 95.9 Å². The van der Waals surface area contributed by atoms with Gasteiger partial charge in [-0.15, -0.1) is 0 Å². The molecule has 2 aromatic carbocycles. The Labute approximate surface area is 200 Å². The molecule has 36 heavy (non-hydrogen) atoms. The first-order chi connectivity index (χ1) is 16.6. The minimum atomic E-state index is -5.07. The van der Waals surface area contributed by atoms with Crippen molar-refractivity contribution in [1.29, 1.82) is 0 Å². The molecule has 3 rings (SSSR count). The van der Waals surface area contributed by atoms with Gasteiger partial charge in [-0.1, -0.05) is 0 Å². The van der Waals surface area contributed by atoms with E-state index in [9.17, 15) is 43.9 Å². The number of anilines is 2. The zero-order valence-corrected chi connectivity index (χ0v) is 19.0. The number of nitrogens with zero attached hydrogens (tertiary/aromatic N) is 1. The van der Waals surface area contributed by atoms with Gasteiger partial charge in [0.05, 0.1) is 24.3 Å². The lowest BCUT2D eigenvalue weighted by atomic mass is 10.1. The predicted molar refractivity (Wildman–Crippen MR) is 112 cm³/mol. The summed E-state index contributed by atoms with van der Waals surface area (Å²) in [5.41, 5.74) is -1.93. The van der Waals surface area contributed by atoms with Gasteiger partial charge in [0.15, 0.2) is 0 Å². The van der Waals surface area contributed by atoms with Crippen molar-refractivity contribution in [2.75, 3.05) is 18.1 Å². The minimum absolute atomic E-state index is 0.0289. The van der Waals surface area contributed by atoms with Crippen molar-refractivity contribution < 1.29 is 53.8 Å². The van der Waals surface area contributed by atoms with Gasteiger partial charge in [-0.3, -0.25) is 4.79 Å². The molecule has 0 bridgehead atoms. The van der Waals surface area contributed by atoms with Crippen LogP contribution in [0.5, 0.6) is 5.75 Å². The highest BCUT2D eigenvalue weighted by Crippen LogP contribution is 2.44. The summed E-state index contributed by atoms with van der Waals surface area (Å²) in [6.07, 6.45) is -12.5. The van der Waals surface area contributed by atoms with Crippen LogP contribution in [0.3, 0.4) is 0 Å². The Kier molecular flexibility index (Phi) is 7.74. The molecule has 0 amide bonds. The molecule has 0 saturated carbocycles. The summed E-state index contributed by atoms with van der Waals surface area (Å²) in [6, 6.07) is 3.83. The van der Waals surface area contributed by atoms with Gasteiger partial charge in [0.1, 0.15) is 16.5 Å². The summed E-state index contributed by atoms with van der Waals surface area (Å²) in [4.78, 5) is 11.0. The van der Waals surface area contributed by atoms with Gasteiger partial charge < -0.3 is 14.7 Å². The number of hydrogen-bond donors (Lipinski definition) is 2. The van der Waals surface area contributed by atoms with E-state index >= 15 is 0 Å². The first-order valence-corrected chi connectivity index (χ1v) is 11.8. The van der Waals surface area contributed by atoms with Crippen LogP contribution in [0.25, 0.3) is 0 Å². The Morgan fingerprint density at radius 1 is 1.11 bits per heavy atom. The lowest BCUT2D eigenvalue weighted by Gasteiger charge is -2.28. The van der Waals surface area contributed by atoms with Crippen LogP contribution in [0, 0.1) is 5.82 Å². The molecule has 1 atom stereocenters. The third-order valence-corrected chi connectivity index (χ3v) is 6.71. The molecule has 2 N–H and O–H groups in total. The van der Waals surface area contributed by atoms with Crippen molar-refractivity contribution in [2.45, 2.75) is 42.6 Å². The number of carboxylic acids is 1. The molecule has 198 valence electrons. The maximum atomic E-state index is 13.9. The minimum Gasteiger partial charge on any atom is -0.492 e. The van der Waals surface area contributed by atoms with Crippen LogP contribution < -0.4 is 14.4 Å². The lowest BCUT2D eigenvalue weighted by molar-refractivity contribution is -0.139. The predicted octanol–water partition coefficient (Wildman–Crippen LogP) is 4.84. The van der Waals surface area contributed by atoms with Crippen molar-refractivity contribution >= 4 is 27.4 Å². The Hall–Kier alpha value is -3.07. The number of rotatable bonds is 7. The fourth-order valence-corrected chi connectivity index (χ4v) is 5.02. The fraction of sp³-hybridized carbons (Fsp3) is 0.381. The van der Waals surface area contributed by atoms with Gasteiger partial charge in [-0.25, -0.2) is 17.5 Å². The molecule has 0 aliphatic carbocycles. The molecule has 0 saturated heterocycles. The zero-order valence-electron chi connectivity index (χ0n) is 18.2. The number of nitrogens with one attached hydrogen (secondary N) is 1. The van der Waals surface area contributed by atoms with Crippen LogP contribution in [0.4, 0.5) is 42.1 Å². The molecule has 1 aliphatic rings. The Morgan fingerprint density at radius 2 is 1.75 bits per heavy atom. The monoisotopic (exact) mass is 544 g/mol. The van der Waals surface area contributed by atoms with Crippen molar-refractivity contribution in [3.63, 3.8) is 0 Å². The van der Waals surface area contributed by atoms with Crippen molar-refractivity contribution in [3.05, 3.63) is 47.8 Å². The van der Waals surface area contributed by atoms with E-state index in [4.69, 9.17) is 9.84 Å². The van der Waals surface area contributed by atoms with E-state index < -0.39 is 94.5 Å². The zero-order chi connectivity index (χ0) is 26.9. The van der Waals surface area contributed by atoms with E-state index in [0.29, 0.717) is 12.1 Å². The second kappa shape index (κ2) is 10.1. The molecule has 2 aromatic rings. The van der Waals surface area contributed by atoms with Gasteiger partial charge in [-0.05, 0) is 36.8 Å². The number of hydrogen-bond acceptors (Lipinski definition) is 5. The highest BCUT2D eigenvalue weighted by molar-refractivity contribution is 7.89. The maximum absolute atomic E-state index is 13.9. The lowest BCUT2D eigenvalue weighted by Crippen LogP contribution is -2.40. The maximum Gasteiger partial charge on any atom is 0.420 e. The molecule has 7 nitrogen and oxygen atoms in total.